The number of carbonyl (C=O) groups excluding carboxylic acids is 2. The first-order chi connectivity index (χ1) is 9.96. The number of terminal acetylenes is 1. The topological polar surface area (TPSA) is 52.6 Å². The third-order valence-corrected chi connectivity index (χ3v) is 3.58. The Balaban J connectivity index is 2.09. The van der Waals surface area contributed by atoms with Crippen LogP contribution in [0, 0.1) is 18.3 Å². The molecule has 1 saturated heterocycles. The molecule has 0 aromatic heterocycles. The molecule has 4 nitrogen and oxygen atoms in total. The highest BCUT2D eigenvalue weighted by atomic mass is 16.7. The Morgan fingerprint density at radius 1 is 0.952 bits per heavy atom. The highest BCUT2D eigenvalue weighted by molar-refractivity contribution is 5.96. The minimum Gasteiger partial charge on any atom is -0.422 e. The summed E-state index contributed by atoms with van der Waals surface area (Å²) in [6.45, 7) is 3.14. The van der Waals surface area contributed by atoms with Crippen LogP contribution < -0.4 is 0 Å². The van der Waals surface area contributed by atoms with Gasteiger partial charge in [0.2, 0.25) is 0 Å². The van der Waals surface area contributed by atoms with Crippen LogP contribution in [0.15, 0.2) is 0 Å². The Hall–Kier alpha value is -1.50. The molecule has 0 aromatic rings. The summed E-state index contributed by atoms with van der Waals surface area (Å²) in [5.74, 6) is -0.129. The SMILES string of the molecule is C#CCCCCCCCCCC1C(=O)OC(C)(C)OC1=O. The third kappa shape index (κ3) is 6.66. The number of hydrogen-bond donors (Lipinski definition) is 0. The van der Waals surface area contributed by atoms with Gasteiger partial charge >= 0.3 is 11.9 Å². The van der Waals surface area contributed by atoms with Crippen LogP contribution in [0.1, 0.15) is 71.6 Å². The summed E-state index contributed by atoms with van der Waals surface area (Å²) in [5, 5.41) is 0. The largest absolute Gasteiger partial charge is 0.422 e. The summed E-state index contributed by atoms with van der Waals surface area (Å²) < 4.78 is 10.2. The molecule has 0 spiro atoms. The van der Waals surface area contributed by atoms with Crippen molar-refractivity contribution in [2.45, 2.75) is 77.4 Å². The summed E-state index contributed by atoms with van der Waals surface area (Å²) in [7, 11) is 0. The Bertz CT molecular complexity index is 372. The van der Waals surface area contributed by atoms with Crippen LogP contribution in [0.2, 0.25) is 0 Å². The van der Waals surface area contributed by atoms with E-state index in [2.05, 4.69) is 5.92 Å². The first kappa shape index (κ1) is 17.6. The van der Waals surface area contributed by atoms with Crippen molar-refractivity contribution in [1.29, 1.82) is 0 Å². The van der Waals surface area contributed by atoms with Gasteiger partial charge in [-0.2, -0.15) is 0 Å². The van der Waals surface area contributed by atoms with E-state index >= 15 is 0 Å². The van der Waals surface area contributed by atoms with Crippen molar-refractivity contribution in [3.8, 4) is 12.3 Å². The van der Waals surface area contributed by atoms with E-state index in [1.165, 1.54) is 19.3 Å². The lowest BCUT2D eigenvalue weighted by molar-refractivity contribution is -0.240. The lowest BCUT2D eigenvalue weighted by Crippen LogP contribution is -2.46. The van der Waals surface area contributed by atoms with E-state index in [0.29, 0.717) is 6.42 Å². The van der Waals surface area contributed by atoms with Crippen molar-refractivity contribution in [2.24, 2.45) is 5.92 Å². The van der Waals surface area contributed by atoms with Crippen molar-refractivity contribution in [3.63, 3.8) is 0 Å². The molecule has 118 valence electrons. The van der Waals surface area contributed by atoms with Gasteiger partial charge in [0.25, 0.3) is 5.79 Å². The average Bonchev–Trinajstić information content (AvgIpc) is 2.38. The number of esters is 2. The molecule has 1 fully saturated rings. The number of hydrogen-bond acceptors (Lipinski definition) is 4. The van der Waals surface area contributed by atoms with Crippen molar-refractivity contribution in [2.75, 3.05) is 0 Å². The molecule has 0 N–H and O–H groups in total. The van der Waals surface area contributed by atoms with Gasteiger partial charge in [0.15, 0.2) is 5.92 Å². The average molecular weight is 294 g/mol. The lowest BCUT2D eigenvalue weighted by Gasteiger charge is -2.32. The molecule has 4 heteroatoms. The van der Waals surface area contributed by atoms with Crippen molar-refractivity contribution in [1.82, 2.24) is 0 Å². The van der Waals surface area contributed by atoms with Gasteiger partial charge < -0.3 is 9.47 Å². The van der Waals surface area contributed by atoms with Gasteiger partial charge in [0.1, 0.15) is 0 Å². The van der Waals surface area contributed by atoms with Gasteiger partial charge in [-0.25, -0.2) is 0 Å². The van der Waals surface area contributed by atoms with Crippen LogP contribution in [-0.2, 0) is 19.1 Å². The lowest BCUT2D eigenvalue weighted by atomic mass is 9.99. The Labute approximate surface area is 127 Å². The zero-order valence-corrected chi connectivity index (χ0v) is 13.2. The summed E-state index contributed by atoms with van der Waals surface area (Å²) in [4.78, 5) is 23.5. The third-order valence-electron chi connectivity index (χ3n) is 3.58. The van der Waals surface area contributed by atoms with E-state index in [-0.39, 0.29) is 0 Å². The van der Waals surface area contributed by atoms with Crippen LogP contribution in [0.4, 0.5) is 0 Å². The zero-order chi connectivity index (χ0) is 15.7. The second kappa shape index (κ2) is 8.71. The highest BCUT2D eigenvalue weighted by Gasteiger charge is 2.42. The van der Waals surface area contributed by atoms with Crippen molar-refractivity contribution >= 4 is 11.9 Å². The van der Waals surface area contributed by atoms with Gasteiger partial charge in [-0.3, -0.25) is 9.59 Å². The second-order valence-corrected chi connectivity index (χ2v) is 6.01. The molecular formula is C17H26O4. The maximum Gasteiger partial charge on any atom is 0.323 e. The predicted molar refractivity (Wildman–Crippen MR) is 80.1 cm³/mol. The second-order valence-electron chi connectivity index (χ2n) is 6.01. The van der Waals surface area contributed by atoms with Gasteiger partial charge in [0, 0.05) is 20.3 Å². The molecule has 0 aromatic carbocycles. The van der Waals surface area contributed by atoms with E-state index in [1.54, 1.807) is 13.8 Å². The Morgan fingerprint density at radius 2 is 1.43 bits per heavy atom. The number of ether oxygens (including phenoxy) is 2. The number of rotatable bonds is 9. The Kier molecular flexibility index (Phi) is 7.28. The van der Waals surface area contributed by atoms with Gasteiger partial charge in [0.05, 0.1) is 0 Å². The van der Waals surface area contributed by atoms with E-state index < -0.39 is 23.6 Å². The molecular weight excluding hydrogens is 268 g/mol. The fourth-order valence-corrected chi connectivity index (χ4v) is 2.44. The molecule has 0 amide bonds. The molecule has 1 rings (SSSR count). The molecule has 1 aliphatic heterocycles. The normalized spacial score (nSPS) is 18.0. The minimum absolute atomic E-state index is 0.453. The van der Waals surface area contributed by atoms with Crippen LogP contribution >= 0.6 is 0 Å². The van der Waals surface area contributed by atoms with Gasteiger partial charge in [-0.05, 0) is 12.8 Å². The molecule has 21 heavy (non-hydrogen) atoms. The van der Waals surface area contributed by atoms with Crippen LogP contribution in [0.3, 0.4) is 0 Å². The maximum absolute atomic E-state index is 11.7. The van der Waals surface area contributed by atoms with Crippen molar-refractivity contribution < 1.29 is 19.1 Å². The van der Waals surface area contributed by atoms with E-state index in [1.807, 2.05) is 0 Å². The van der Waals surface area contributed by atoms with E-state index in [9.17, 15) is 9.59 Å². The molecule has 0 aliphatic carbocycles. The predicted octanol–water partition coefficient (Wildman–Crippen LogP) is 3.58. The maximum atomic E-state index is 11.7. The summed E-state index contributed by atoms with van der Waals surface area (Å²) in [6, 6.07) is 0. The number of carbonyl (C=O) groups is 2. The van der Waals surface area contributed by atoms with E-state index in [4.69, 9.17) is 15.9 Å². The molecule has 1 heterocycles. The monoisotopic (exact) mass is 294 g/mol. The number of unbranched alkanes of at least 4 members (excludes halogenated alkanes) is 7. The van der Waals surface area contributed by atoms with Crippen molar-refractivity contribution in [3.05, 3.63) is 0 Å². The van der Waals surface area contributed by atoms with E-state index in [0.717, 1.165) is 32.1 Å². The zero-order valence-electron chi connectivity index (χ0n) is 13.2. The molecule has 1 aliphatic rings. The Morgan fingerprint density at radius 3 is 1.95 bits per heavy atom. The molecule has 0 radical (unpaired) electrons. The number of cyclic esters (lactones) is 2. The first-order valence-electron chi connectivity index (χ1n) is 7.85. The molecule has 0 unspecified atom stereocenters. The fraction of sp³-hybridized carbons (Fsp3) is 0.765. The molecule has 0 saturated carbocycles. The first-order valence-corrected chi connectivity index (χ1v) is 7.85. The quantitative estimate of drug-likeness (QED) is 0.282. The van der Waals surface area contributed by atoms with Gasteiger partial charge in [-0.15, -0.1) is 12.3 Å². The summed E-state index contributed by atoms with van der Waals surface area (Å²) in [6.07, 6.45) is 14.2. The summed E-state index contributed by atoms with van der Waals surface area (Å²) in [5.41, 5.74) is 0. The van der Waals surface area contributed by atoms with Crippen LogP contribution in [0.25, 0.3) is 0 Å². The highest BCUT2D eigenvalue weighted by Crippen LogP contribution is 2.26. The van der Waals surface area contributed by atoms with Crippen LogP contribution in [0.5, 0.6) is 0 Å². The standard InChI is InChI=1S/C17H26O4/c1-4-5-6-7-8-9-10-11-12-13-14-15(18)20-17(2,3)21-16(14)19/h1,14H,5-13H2,2-3H3. The molecule has 0 atom stereocenters. The minimum atomic E-state index is -1.12. The smallest absolute Gasteiger partial charge is 0.323 e. The van der Waals surface area contributed by atoms with Gasteiger partial charge in [-0.1, -0.05) is 38.5 Å². The summed E-state index contributed by atoms with van der Waals surface area (Å²) >= 11 is 0. The molecule has 0 bridgehead atoms. The fourth-order valence-electron chi connectivity index (χ4n) is 2.44. The van der Waals surface area contributed by atoms with Crippen LogP contribution in [-0.4, -0.2) is 17.7 Å².